The van der Waals surface area contributed by atoms with E-state index in [1.165, 1.54) is 0 Å². The van der Waals surface area contributed by atoms with Crippen molar-refractivity contribution < 1.29 is 15.0 Å². The highest BCUT2D eigenvalue weighted by atomic mass is 16.4. The summed E-state index contributed by atoms with van der Waals surface area (Å²) in [5.74, 6) is -0.940. The lowest BCUT2D eigenvalue weighted by molar-refractivity contribution is -0.145. The molecule has 4 nitrogen and oxygen atoms in total. The first-order chi connectivity index (χ1) is 7.15. The molecule has 15 heavy (non-hydrogen) atoms. The Bertz CT molecular complexity index is 365. The van der Waals surface area contributed by atoms with Gasteiger partial charge in [-0.3, -0.25) is 5.32 Å². The number of carboxylic acids is 1. The molecule has 1 saturated heterocycles. The molecule has 0 aromatic heterocycles. The maximum absolute atomic E-state index is 11.3. The molecule has 1 heterocycles. The quantitative estimate of drug-likeness (QED) is 0.653. The second-order valence-electron chi connectivity index (χ2n) is 3.82. The van der Waals surface area contributed by atoms with Crippen LogP contribution in [0.15, 0.2) is 30.3 Å². The lowest BCUT2D eigenvalue weighted by atomic mass is 9.88. The van der Waals surface area contributed by atoms with Gasteiger partial charge in [0.2, 0.25) is 0 Å². The number of aliphatic carboxylic acids is 1. The monoisotopic (exact) mass is 207 g/mol. The average molecular weight is 207 g/mol. The van der Waals surface area contributed by atoms with E-state index in [0.29, 0.717) is 12.1 Å². The zero-order valence-corrected chi connectivity index (χ0v) is 8.18. The third kappa shape index (κ3) is 1.62. The molecule has 2 atom stereocenters. The minimum absolute atomic E-state index is 0.215. The Kier molecular flexibility index (Phi) is 2.46. The number of benzene rings is 1. The second-order valence-corrected chi connectivity index (χ2v) is 3.82. The highest BCUT2D eigenvalue weighted by Crippen LogP contribution is 2.31. The van der Waals surface area contributed by atoms with Gasteiger partial charge in [0, 0.05) is 13.0 Å². The Morgan fingerprint density at radius 2 is 2.07 bits per heavy atom. The molecule has 0 saturated carbocycles. The standard InChI is InChI=1S/C11H13NO3/c13-9-6-11(10(14)15,12-7-9)8-4-2-1-3-5-8/h1-5,9,12-13H,6-7H2,(H,14,15)/t9-,11+/m1/s1. The zero-order valence-electron chi connectivity index (χ0n) is 8.18. The van der Waals surface area contributed by atoms with Gasteiger partial charge in [0.05, 0.1) is 6.10 Å². The van der Waals surface area contributed by atoms with E-state index in [-0.39, 0.29) is 6.42 Å². The van der Waals surface area contributed by atoms with Crippen LogP contribution in [0.5, 0.6) is 0 Å². The predicted molar refractivity (Wildman–Crippen MR) is 54.4 cm³/mol. The molecule has 1 aliphatic heterocycles. The van der Waals surface area contributed by atoms with Crippen molar-refractivity contribution in [2.24, 2.45) is 0 Å². The Hall–Kier alpha value is -1.39. The van der Waals surface area contributed by atoms with E-state index in [1.807, 2.05) is 6.07 Å². The third-order valence-corrected chi connectivity index (χ3v) is 2.81. The zero-order chi connectivity index (χ0) is 10.9. The van der Waals surface area contributed by atoms with Crippen molar-refractivity contribution >= 4 is 5.97 Å². The van der Waals surface area contributed by atoms with Crippen molar-refractivity contribution in [3.05, 3.63) is 35.9 Å². The Labute approximate surface area is 87.6 Å². The van der Waals surface area contributed by atoms with Crippen LogP contribution in [0.25, 0.3) is 0 Å². The number of rotatable bonds is 2. The summed E-state index contributed by atoms with van der Waals surface area (Å²) < 4.78 is 0. The van der Waals surface area contributed by atoms with Crippen molar-refractivity contribution in [1.82, 2.24) is 5.32 Å². The van der Waals surface area contributed by atoms with Crippen LogP contribution in [0.3, 0.4) is 0 Å². The smallest absolute Gasteiger partial charge is 0.328 e. The lowest BCUT2D eigenvalue weighted by Gasteiger charge is -2.24. The van der Waals surface area contributed by atoms with Gasteiger partial charge in [0.15, 0.2) is 0 Å². The second kappa shape index (κ2) is 3.64. The highest BCUT2D eigenvalue weighted by molar-refractivity contribution is 5.81. The molecule has 0 aliphatic carbocycles. The van der Waals surface area contributed by atoms with Crippen LogP contribution in [0, 0.1) is 0 Å². The van der Waals surface area contributed by atoms with Gasteiger partial charge in [-0.05, 0) is 5.56 Å². The molecule has 3 N–H and O–H groups in total. The summed E-state index contributed by atoms with van der Waals surface area (Å²) in [4.78, 5) is 11.3. The molecule has 0 bridgehead atoms. The van der Waals surface area contributed by atoms with Crippen molar-refractivity contribution in [2.45, 2.75) is 18.1 Å². The maximum Gasteiger partial charge on any atom is 0.328 e. The number of aliphatic hydroxyl groups excluding tert-OH is 1. The van der Waals surface area contributed by atoms with Crippen LogP contribution < -0.4 is 5.32 Å². The van der Waals surface area contributed by atoms with Crippen LogP contribution in [0.2, 0.25) is 0 Å². The van der Waals surface area contributed by atoms with Crippen molar-refractivity contribution in [2.75, 3.05) is 6.54 Å². The van der Waals surface area contributed by atoms with E-state index in [4.69, 9.17) is 0 Å². The minimum atomic E-state index is -1.12. The molecule has 1 aliphatic rings. The lowest BCUT2D eigenvalue weighted by Crippen LogP contribution is -2.44. The molecule has 0 amide bonds. The van der Waals surface area contributed by atoms with Crippen molar-refractivity contribution in [1.29, 1.82) is 0 Å². The van der Waals surface area contributed by atoms with Gasteiger partial charge in [0.25, 0.3) is 0 Å². The van der Waals surface area contributed by atoms with E-state index >= 15 is 0 Å². The van der Waals surface area contributed by atoms with Gasteiger partial charge in [0.1, 0.15) is 5.54 Å². The van der Waals surface area contributed by atoms with Crippen LogP contribution in [-0.4, -0.2) is 28.8 Å². The summed E-state index contributed by atoms with van der Waals surface area (Å²) in [6.45, 7) is 0.321. The molecule has 1 fully saturated rings. The van der Waals surface area contributed by atoms with Crippen molar-refractivity contribution in [3.63, 3.8) is 0 Å². The fourth-order valence-electron chi connectivity index (χ4n) is 2.02. The molecule has 4 heteroatoms. The van der Waals surface area contributed by atoms with Gasteiger partial charge in [-0.2, -0.15) is 0 Å². The number of carboxylic acid groups (broad SMARTS) is 1. The molecular weight excluding hydrogens is 194 g/mol. The number of hydrogen-bond donors (Lipinski definition) is 3. The molecule has 2 rings (SSSR count). The van der Waals surface area contributed by atoms with Crippen LogP contribution in [-0.2, 0) is 10.3 Å². The van der Waals surface area contributed by atoms with E-state index in [1.54, 1.807) is 24.3 Å². The van der Waals surface area contributed by atoms with E-state index < -0.39 is 17.6 Å². The number of carbonyl (C=O) groups is 1. The normalized spacial score (nSPS) is 30.3. The fraction of sp³-hybridized carbons (Fsp3) is 0.364. The number of hydrogen-bond acceptors (Lipinski definition) is 3. The highest BCUT2D eigenvalue weighted by Gasteiger charge is 2.46. The summed E-state index contributed by atoms with van der Waals surface area (Å²) >= 11 is 0. The van der Waals surface area contributed by atoms with Crippen LogP contribution >= 0.6 is 0 Å². The molecule has 0 spiro atoms. The summed E-state index contributed by atoms with van der Waals surface area (Å²) in [5.41, 5.74) is -0.435. The first-order valence-corrected chi connectivity index (χ1v) is 4.87. The Morgan fingerprint density at radius 3 is 2.53 bits per heavy atom. The van der Waals surface area contributed by atoms with Crippen LogP contribution in [0.1, 0.15) is 12.0 Å². The molecule has 1 aromatic carbocycles. The van der Waals surface area contributed by atoms with Crippen molar-refractivity contribution in [3.8, 4) is 0 Å². The number of nitrogens with one attached hydrogen (secondary N) is 1. The average Bonchev–Trinajstić information content (AvgIpc) is 2.63. The molecule has 0 radical (unpaired) electrons. The molecular formula is C11H13NO3. The molecule has 80 valence electrons. The Balaban J connectivity index is 2.41. The van der Waals surface area contributed by atoms with E-state index in [0.717, 1.165) is 0 Å². The first-order valence-electron chi connectivity index (χ1n) is 4.87. The summed E-state index contributed by atoms with van der Waals surface area (Å²) in [6, 6.07) is 8.96. The van der Waals surface area contributed by atoms with Gasteiger partial charge >= 0.3 is 5.97 Å². The predicted octanol–water partition coefficient (Wildman–Crippen LogP) is 0.321. The SMILES string of the molecule is O=C(O)[C@@]1(c2ccccc2)C[C@@H](O)CN1. The van der Waals surface area contributed by atoms with Gasteiger partial charge in [-0.15, -0.1) is 0 Å². The largest absolute Gasteiger partial charge is 0.480 e. The van der Waals surface area contributed by atoms with Gasteiger partial charge < -0.3 is 10.2 Å². The van der Waals surface area contributed by atoms with E-state index in [9.17, 15) is 15.0 Å². The first kappa shape index (κ1) is 10.1. The topological polar surface area (TPSA) is 69.6 Å². The number of aliphatic hydroxyl groups is 1. The molecule has 1 aromatic rings. The van der Waals surface area contributed by atoms with E-state index in [2.05, 4.69) is 5.32 Å². The fourth-order valence-corrected chi connectivity index (χ4v) is 2.02. The van der Waals surface area contributed by atoms with Gasteiger partial charge in [-0.25, -0.2) is 4.79 Å². The minimum Gasteiger partial charge on any atom is -0.480 e. The van der Waals surface area contributed by atoms with Crippen LogP contribution in [0.4, 0.5) is 0 Å². The van der Waals surface area contributed by atoms with Gasteiger partial charge in [-0.1, -0.05) is 30.3 Å². The molecule has 0 unspecified atom stereocenters. The summed E-state index contributed by atoms with van der Waals surface area (Å²) in [5, 5.41) is 21.6. The summed E-state index contributed by atoms with van der Waals surface area (Å²) in [6.07, 6.45) is -0.381. The third-order valence-electron chi connectivity index (χ3n) is 2.81. The number of β-amino-alcohol motifs (C(OH)–C–C–N with tert-alkyl or cyclic N) is 1. The summed E-state index contributed by atoms with van der Waals surface area (Å²) in [7, 11) is 0. The maximum atomic E-state index is 11.3. The Morgan fingerprint density at radius 1 is 1.40 bits per heavy atom.